The predicted octanol–water partition coefficient (Wildman–Crippen LogP) is 1.66. The van der Waals surface area contributed by atoms with Gasteiger partial charge in [-0.05, 0) is 31.5 Å². The molecule has 7 heteroatoms. The van der Waals surface area contributed by atoms with Crippen molar-refractivity contribution in [3.05, 3.63) is 51.4 Å². The first-order chi connectivity index (χ1) is 10.6. The highest BCUT2D eigenvalue weighted by Gasteiger charge is 2.09. The van der Waals surface area contributed by atoms with E-state index in [0.29, 0.717) is 29.5 Å². The number of ether oxygens (including phenoxy) is 1. The zero-order valence-electron chi connectivity index (χ0n) is 12.7. The van der Waals surface area contributed by atoms with Crippen molar-refractivity contribution in [2.24, 2.45) is 0 Å². The Morgan fingerprint density at radius 3 is 2.91 bits per heavy atom. The topological polar surface area (TPSA) is 84.3 Å². The van der Waals surface area contributed by atoms with Gasteiger partial charge in [-0.3, -0.25) is 9.89 Å². The van der Waals surface area contributed by atoms with Crippen LogP contribution in [0.25, 0.3) is 5.78 Å². The lowest BCUT2D eigenvalue weighted by Crippen LogP contribution is -2.19. The van der Waals surface area contributed by atoms with Crippen LogP contribution in [0.3, 0.4) is 0 Å². The molecular weight excluding hydrogens is 282 g/mol. The second kappa shape index (κ2) is 5.51. The Labute approximate surface area is 127 Å². The molecule has 0 fully saturated rings. The summed E-state index contributed by atoms with van der Waals surface area (Å²) < 4.78 is 6.53. The second-order valence-electron chi connectivity index (χ2n) is 5.04. The van der Waals surface area contributed by atoms with Crippen molar-refractivity contribution in [3.8, 4) is 5.75 Å². The minimum Gasteiger partial charge on any atom is -0.497 e. The summed E-state index contributed by atoms with van der Waals surface area (Å²) in [5, 5.41) is 6.06. The van der Waals surface area contributed by atoms with Crippen LogP contribution in [-0.2, 0) is 6.54 Å². The van der Waals surface area contributed by atoms with E-state index in [1.165, 1.54) is 4.52 Å². The minimum absolute atomic E-state index is 0.135. The number of aromatic nitrogens is 4. The van der Waals surface area contributed by atoms with Crippen LogP contribution >= 0.6 is 0 Å². The number of fused-ring (bicyclic) bond motifs is 1. The Morgan fingerprint density at radius 2 is 2.14 bits per heavy atom. The van der Waals surface area contributed by atoms with Crippen LogP contribution in [-0.4, -0.2) is 26.7 Å². The Bertz CT molecular complexity index is 881. The third-order valence-electron chi connectivity index (χ3n) is 3.56. The zero-order chi connectivity index (χ0) is 15.7. The summed E-state index contributed by atoms with van der Waals surface area (Å²) >= 11 is 0. The summed E-state index contributed by atoms with van der Waals surface area (Å²) in [6.07, 6.45) is 0. The Kier molecular flexibility index (Phi) is 3.54. The summed E-state index contributed by atoms with van der Waals surface area (Å²) in [5.41, 5.74) is 2.22. The lowest BCUT2D eigenvalue weighted by molar-refractivity contribution is 0.414. The van der Waals surface area contributed by atoms with Crippen molar-refractivity contribution in [1.29, 1.82) is 0 Å². The monoisotopic (exact) mass is 299 g/mol. The molecule has 0 aliphatic rings. The number of aromatic amines is 1. The maximum absolute atomic E-state index is 12.1. The third-order valence-corrected chi connectivity index (χ3v) is 3.56. The lowest BCUT2D eigenvalue weighted by Gasteiger charge is -2.05. The van der Waals surface area contributed by atoms with Gasteiger partial charge in [0.25, 0.3) is 11.3 Å². The highest BCUT2D eigenvalue weighted by molar-refractivity contribution is 5.39. The van der Waals surface area contributed by atoms with E-state index in [9.17, 15) is 4.79 Å². The van der Waals surface area contributed by atoms with Crippen LogP contribution in [0, 0.1) is 13.8 Å². The number of rotatable bonds is 4. The molecule has 0 unspecified atom stereocenters. The molecular formula is C15H17N5O2. The maximum Gasteiger partial charge on any atom is 0.277 e. The van der Waals surface area contributed by atoms with Gasteiger partial charge in [-0.25, -0.2) is 4.98 Å². The lowest BCUT2D eigenvalue weighted by atomic mass is 10.2. The maximum atomic E-state index is 12.1. The largest absolute Gasteiger partial charge is 0.497 e. The zero-order valence-corrected chi connectivity index (χ0v) is 12.7. The Balaban J connectivity index is 1.85. The van der Waals surface area contributed by atoms with Crippen LogP contribution in [0.15, 0.2) is 29.1 Å². The molecule has 1 aromatic carbocycles. The van der Waals surface area contributed by atoms with Gasteiger partial charge in [-0.15, -0.1) is 0 Å². The molecule has 0 amide bonds. The molecule has 2 heterocycles. The van der Waals surface area contributed by atoms with E-state index in [2.05, 4.69) is 20.4 Å². The van der Waals surface area contributed by atoms with Crippen LogP contribution in [0.2, 0.25) is 0 Å². The number of anilines is 1. The Morgan fingerprint density at radius 1 is 1.32 bits per heavy atom. The number of hydrogen-bond acceptors (Lipinski definition) is 5. The van der Waals surface area contributed by atoms with Gasteiger partial charge in [-0.2, -0.15) is 9.50 Å². The molecule has 2 N–H and O–H groups in total. The van der Waals surface area contributed by atoms with Crippen molar-refractivity contribution in [2.75, 3.05) is 12.4 Å². The number of benzene rings is 1. The highest BCUT2D eigenvalue weighted by Crippen LogP contribution is 2.13. The number of H-pyrrole nitrogens is 1. The van der Waals surface area contributed by atoms with E-state index in [1.54, 1.807) is 21.0 Å². The van der Waals surface area contributed by atoms with Crippen LogP contribution in [0.5, 0.6) is 5.75 Å². The first-order valence-corrected chi connectivity index (χ1v) is 6.91. The SMILES string of the molecule is COc1cccc(CNc2nc3nc(C)c(C)c(=O)n3[nH]2)c1. The summed E-state index contributed by atoms with van der Waals surface area (Å²) in [6, 6.07) is 7.73. The van der Waals surface area contributed by atoms with Gasteiger partial charge in [0.1, 0.15) is 5.75 Å². The molecule has 0 bridgehead atoms. The number of aryl methyl sites for hydroxylation is 1. The highest BCUT2D eigenvalue weighted by atomic mass is 16.5. The number of hydrogen-bond donors (Lipinski definition) is 2. The van der Waals surface area contributed by atoms with Gasteiger partial charge in [0.15, 0.2) is 0 Å². The molecule has 3 aromatic rings. The molecule has 2 aromatic heterocycles. The van der Waals surface area contributed by atoms with Gasteiger partial charge in [0, 0.05) is 17.8 Å². The summed E-state index contributed by atoms with van der Waals surface area (Å²) in [5.74, 6) is 1.66. The minimum atomic E-state index is -0.135. The van der Waals surface area contributed by atoms with Gasteiger partial charge in [0.2, 0.25) is 5.95 Å². The van der Waals surface area contributed by atoms with E-state index in [0.717, 1.165) is 11.3 Å². The molecule has 22 heavy (non-hydrogen) atoms. The van der Waals surface area contributed by atoms with E-state index in [4.69, 9.17) is 4.74 Å². The fourth-order valence-electron chi connectivity index (χ4n) is 2.15. The van der Waals surface area contributed by atoms with E-state index in [1.807, 2.05) is 24.3 Å². The summed E-state index contributed by atoms with van der Waals surface area (Å²) in [4.78, 5) is 20.7. The number of nitrogens with zero attached hydrogens (tertiary/aromatic N) is 3. The fraction of sp³-hybridized carbons (Fsp3) is 0.267. The second-order valence-corrected chi connectivity index (χ2v) is 5.04. The first kappa shape index (κ1) is 14.1. The number of methoxy groups -OCH3 is 1. The molecule has 3 rings (SSSR count). The van der Waals surface area contributed by atoms with Crippen molar-refractivity contribution in [1.82, 2.24) is 19.6 Å². The average Bonchev–Trinajstić information content (AvgIpc) is 2.94. The average molecular weight is 299 g/mol. The molecule has 0 atom stereocenters. The standard InChI is InChI=1S/C15H17N5O2/c1-9-10(2)17-15-18-14(19-20(15)13(9)21)16-8-11-5-4-6-12(7-11)22-3/h4-7H,8H2,1-3H3,(H2,16,17,18,19). The molecule has 0 aliphatic carbocycles. The van der Waals surface area contributed by atoms with Crippen molar-refractivity contribution in [2.45, 2.75) is 20.4 Å². The molecule has 0 saturated carbocycles. The van der Waals surface area contributed by atoms with Gasteiger partial charge in [0.05, 0.1) is 7.11 Å². The van der Waals surface area contributed by atoms with Crippen molar-refractivity contribution < 1.29 is 4.74 Å². The van der Waals surface area contributed by atoms with Gasteiger partial charge >= 0.3 is 0 Å². The Hall–Kier alpha value is -2.83. The predicted molar refractivity (Wildman–Crippen MR) is 83.4 cm³/mol. The van der Waals surface area contributed by atoms with E-state index in [-0.39, 0.29) is 5.56 Å². The van der Waals surface area contributed by atoms with Crippen LogP contribution in [0.4, 0.5) is 5.95 Å². The van der Waals surface area contributed by atoms with Crippen molar-refractivity contribution in [3.63, 3.8) is 0 Å². The molecule has 7 nitrogen and oxygen atoms in total. The molecule has 0 saturated heterocycles. The first-order valence-electron chi connectivity index (χ1n) is 6.91. The normalized spacial score (nSPS) is 10.9. The smallest absolute Gasteiger partial charge is 0.277 e. The molecule has 0 spiro atoms. The molecule has 114 valence electrons. The fourth-order valence-corrected chi connectivity index (χ4v) is 2.15. The summed E-state index contributed by atoms with van der Waals surface area (Å²) in [7, 11) is 1.63. The van der Waals surface area contributed by atoms with Gasteiger partial charge < -0.3 is 10.1 Å². The van der Waals surface area contributed by atoms with E-state index < -0.39 is 0 Å². The molecule has 0 aliphatic heterocycles. The summed E-state index contributed by atoms with van der Waals surface area (Å²) in [6.45, 7) is 4.11. The van der Waals surface area contributed by atoms with Crippen LogP contribution in [0.1, 0.15) is 16.8 Å². The van der Waals surface area contributed by atoms with Crippen molar-refractivity contribution >= 4 is 11.7 Å². The quantitative estimate of drug-likeness (QED) is 0.765. The molecule has 0 radical (unpaired) electrons. The van der Waals surface area contributed by atoms with E-state index >= 15 is 0 Å². The van der Waals surface area contributed by atoms with Crippen LogP contribution < -0.4 is 15.6 Å². The van der Waals surface area contributed by atoms with Gasteiger partial charge in [-0.1, -0.05) is 12.1 Å². The number of nitrogens with one attached hydrogen (secondary N) is 2. The third kappa shape index (κ3) is 2.52.